The summed E-state index contributed by atoms with van der Waals surface area (Å²) in [5, 5.41) is 0. The molecule has 0 spiro atoms. The summed E-state index contributed by atoms with van der Waals surface area (Å²) in [5.41, 5.74) is 0. The standard InChI is InChI=1S/C13H24O/c1-5-7-9-13(10-8-6-2)14-11-12(3)4/h5-8,12-13H,9-11H2,1-4H3. The molecular weight excluding hydrogens is 172 g/mol. The summed E-state index contributed by atoms with van der Waals surface area (Å²) in [6, 6.07) is 0. The quantitative estimate of drug-likeness (QED) is 0.560. The molecule has 0 aromatic carbocycles. The predicted molar refractivity (Wildman–Crippen MR) is 63.4 cm³/mol. The van der Waals surface area contributed by atoms with Gasteiger partial charge in [-0.15, -0.1) is 0 Å². The SMILES string of the molecule is CC=CCC(CC=CC)OCC(C)C. The average Bonchev–Trinajstić information content (AvgIpc) is 2.16. The zero-order chi connectivity index (χ0) is 10.8. The van der Waals surface area contributed by atoms with Gasteiger partial charge in [0.1, 0.15) is 0 Å². The summed E-state index contributed by atoms with van der Waals surface area (Å²) in [4.78, 5) is 0. The first kappa shape index (κ1) is 13.4. The number of rotatable bonds is 7. The Balaban J connectivity index is 3.83. The van der Waals surface area contributed by atoms with Crippen LogP contribution >= 0.6 is 0 Å². The molecule has 1 nitrogen and oxygen atoms in total. The summed E-state index contributed by atoms with van der Waals surface area (Å²) in [5.74, 6) is 0.619. The van der Waals surface area contributed by atoms with Crippen LogP contribution < -0.4 is 0 Å². The molecular formula is C13H24O. The molecule has 0 rings (SSSR count). The van der Waals surface area contributed by atoms with E-state index in [2.05, 4.69) is 52.0 Å². The third-order valence-electron chi connectivity index (χ3n) is 1.93. The van der Waals surface area contributed by atoms with Crippen LogP contribution in [0.5, 0.6) is 0 Å². The Morgan fingerprint density at radius 3 is 1.86 bits per heavy atom. The zero-order valence-corrected chi connectivity index (χ0v) is 9.99. The molecule has 1 heteroatoms. The van der Waals surface area contributed by atoms with E-state index in [9.17, 15) is 0 Å². The summed E-state index contributed by atoms with van der Waals surface area (Å²) >= 11 is 0. The van der Waals surface area contributed by atoms with Gasteiger partial charge in [-0.05, 0) is 32.6 Å². The maximum absolute atomic E-state index is 5.81. The van der Waals surface area contributed by atoms with Gasteiger partial charge >= 0.3 is 0 Å². The topological polar surface area (TPSA) is 9.23 Å². The van der Waals surface area contributed by atoms with Crippen LogP contribution in [0.15, 0.2) is 24.3 Å². The van der Waals surface area contributed by atoms with Gasteiger partial charge < -0.3 is 4.74 Å². The Bertz CT molecular complexity index is 154. The van der Waals surface area contributed by atoms with Crippen molar-refractivity contribution in [3.8, 4) is 0 Å². The van der Waals surface area contributed by atoms with E-state index in [0.29, 0.717) is 12.0 Å². The lowest BCUT2D eigenvalue weighted by Crippen LogP contribution is -2.14. The van der Waals surface area contributed by atoms with Crippen molar-refractivity contribution in [2.45, 2.75) is 46.6 Å². The highest BCUT2D eigenvalue weighted by atomic mass is 16.5. The highest BCUT2D eigenvalue weighted by Crippen LogP contribution is 2.08. The lowest BCUT2D eigenvalue weighted by atomic mass is 10.1. The van der Waals surface area contributed by atoms with E-state index in [1.165, 1.54) is 0 Å². The Morgan fingerprint density at radius 2 is 1.50 bits per heavy atom. The third-order valence-corrected chi connectivity index (χ3v) is 1.93. The molecule has 0 unspecified atom stereocenters. The van der Waals surface area contributed by atoms with Crippen molar-refractivity contribution < 1.29 is 4.74 Å². The highest BCUT2D eigenvalue weighted by Gasteiger charge is 2.05. The molecule has 0 saturated carbocycles. The molecule has 0 aliphatic heterocycles. The van der Waals surface area contributed by atoms with Crippen LogP contribution in [-0.4, -0.2) is 12.7 Å². The van der Waals surface area contributed by atoms with Crippen LogP contribution in [0.2, 0.25) is 0 Å². The predicted octanol–water partition coefficient (Wildman–Crippen LogP) is 3.96. The van der Waals surface area contributed by atoms with Crippen LogP contribution in [0.1, 0.15) is 40.5 Å². The third kappa shape index (κ3) is 8.06. The van der Waals surface area contributed by atoms with Gasteiger partial charge in [0.2, 0.25) is 0 Å². The second kappa shape index (κ2) is 9.01. The van der Waals surface area contributed by atoms with Crippen LogP contribution in [0.25, 0.3) is 0 Å². The van der Waals surface area contributed by atoms with Crippen LogP contribution in [0, 0.1) is 5.92 Å². The van der Waals surface area contributed by atoms with Gasteiger partial charge in [-0.3, -0.25) is 0 Å². The molecule has 0 bridgehead atoms. The minimum Gasteiger partial charge on any atom is -0.377 e. The molecule has 0 aliphatic carbocycles. The van der Waals surface area contributed by atoms with Crippen molar-refractivity contribution in [2.24, 2.45) is 5.92 Å². The fourth-order valence-corrected chi connectivity index (χ4v) is 1.14. The van der Waals surface area contributed by atoms with Gasteiger partial charge in [0, 0.05) is 6.61 Å². The van der Waals surface area contributed by atoms with E-state index in [1.807, 2.05) is 0 Å². The molecule has 0 N–H and O–H groups in total. The van der Waals surface area contributed by atoms with Crippen molar-refractivity contribution >= 4 is 0 Å². The lowest BCUT2D eigenvalue weighted by molar-refractivity contribution is 0.0397. The normalized spacial score (nSPS) is 14.6. The molecule has 0 aromatic heterocycles. The lowest BCUT2D eigenvalue weighted by Gasteiger charge is -2.16. The maximum atomic E-state index is 5.81. The molecule has 0 atom stereocenters. The number of ether oxygens (including phenoxy) is 1. The van der Waals surface area contributed by atoms with Gasteiger partial charge in [-0.25, -0.2) is 0 Å². The molecule has 0 radical (unpaired) electrons. The first-order valence-corrected chi connectivity index (χ1v) is 5.54. The molecule has 0 aromatic rings. The molecule has 14 heavy (non-hydrogen) atoms. The Labute approximate surface area is 88.9 Å². The summed E-state index contributed by atoms with van der Waals surface area (Å²) in [6.07, 6.45) is 10.9. The van der Waals surface area contributed by atoms with Crippen molar-refractivity contribution in [1.29, 1.82) is 0 Å². The maximum Gasteiger partial charge on any atom is 0.0644 e. The largest absolute Gasteiger partial charge is 0.377 e. The van der Waals surface area contributed by atoms with Gasteiger partial charge in [-0.1, -0.05) is 38.2 Å². The summed E-state index contributed by atoms with van der Waals surface area (Å²) < 4.78 is 5.81. The average molecular weight is 196 g/mol. The summed E-state index contributed by atoms with van der Waals surface area (Å²) in [7, 11) is 0. The van der Waals surface area contributed by atoms with E-state index < -0.39 is 0 Å². The van der Waals surface area contributed by atoms with E-state index in [0.717, 1.165) is 19.4 Å². The van der Waals surface area contributed by atoms with E-state index >= 15 is 0 Å². The van der Waals surface area contributed by atoms with Crippen molar-refractivity contribution in [1.82, 2.24) is 0 Å². The number of hydrogen-bond donors (Lipinski definition) is 0. The van der Waals surface area contributed by atoms with Gasteiger partial charge in [0.15, 0.2) is 0 Å². The first-order valence-electron chi connectivity index (χ1n) is 5.54. The monoisotopic (exact) mass is 196 g/mol. The Kier molecular flexibility index (Phi) is 8.65. The Hall–Kier alpha value is -0.560. The van der Waals surface area contributed by atoms with Crippen LogP contribution in [-0.2, 0) is 4.74 Å². The summed E-state index contributed by atoms with van der Waals surface area (Å²) in [6.45, 7) is 9.33. The second-order valence-corrected chi connectivity index (χ2v) is 3.96. The van der Waals surface area contributed by atoms with Gasteiger partial charge in [-0.2, -0.15) is 0 Å². The first-order chi connectivity index (χ1) is 6.70. The van der Waals surface area contributed by atoms with Gasteiger partial charge in [0.25, 0.3) is 0 Å². The van der Waals surface area contributed by atoms with E-state index in [1.54, 1.807) is 0 Å². The second-order valence-electron chi connectivity index (χ2n) is 3.96. The van der Waals surface area contributed by atoms with Crippen molar-refractivity contribution in [3.05, 3.63) is 24.3 Å². The van der Waals surface area contributed by atoms with Crippen LogP contribution in [0.4, 0.5) is 0 Å². The Morgan fingerprint density at radius 1 is 1.00 bits per heavy atom. The molecule has 0 amide bonds. The molecule has 0 heterocycles. The number of hydrogen-bond acceptors (Lipinski definition) is 1. The van der Waals surface area contributed by atoms with E-state index in [-0.39, 0.29) is 0 Å². The zero-order valence-electron chi connectivity index (χ0n) is 9.99. The van der Waals surface area contributed by atoms with E-state index in [4.69, 9.17) is 4.74 Å². The van der Waals surface area contributed by atoms with Crippen molar-refractivity contribution in [2.75, 3.05) is 6.61 Å². The minimum atomic E-state index is 0.352. The molecule has 0 aliphatic rings. The van der Waals surface area contributed by atoms with Crippen molar-refractivity contribution in [3.63, 3.8) is 0 Å². The minimum absolute atomic E-state index is 0.352. The fraction of sp³-hybridized carbons (Fsp3) is 0.692. The van der Waals surface area contributed by atoms with Crippen LogP contribution in [0.3, 0.4) is 0 Å². The molecule has 82 valence electrons. The highest BCUT2D eigenvalue weighted by molar-refractivity contribution is 4.87. The molecule has 0 saturated heterocycles. The molecule has 0 fully saturated rings. The number of allylic oxidation sites excluding steroid dienone is 2. The smallest absolute Gasteiger partial charge is 0.0644 e. The van der Waals surface area contributed by atoms with Gasteiger partial charge in [0.05, 0.1) is 6.10 Å². The fourth-order valence-electron chi connectivity index (χ4n) is 1.14.